The number of esters is 1. The van der Waals surface area contributed by atoms with Crippen molar-refractivity contribution in [1.29, 1.82) is 0 Å². The van der Waals surface area contributed by atoms with Crippen molar-refractivity contribution in [2.24, 2.45) is 0 Å². The zero-order valence-corrected chi connectivity index (χ0v) is 16.6. The lowest BCUT2D eigenvalue weighted by atomic mass is 10.0. The lowest BCUT2D eigenvalue weighted by molar-refractivity contribution is -0.150. The number of hydrogen-bond acceptors (Lipinski definition) is 7. The van der Waals surface area contributed by atoms with Crippen LogP contribution in [-0.4, -0.2) is 38.1 Å². The predicted molar refractivity (Wildman–Crippen MR) is 111 cm³/mol. The van der Waals surface area contributed by atoms with E-state index in [1.807, 2.05) is 19.1 Å². The van der Waals surface area contributed by atoms with E-state index < -0.39 is 5.97 Å². The molecule has 0 saturated carbocycles. The molecule has 0 aliphatic heterocycles. The van der Waals surface area contributed by atoms with E-state index in [9.17, 15) is 14.4 Å². The van der Waals surface area contributed by atoms with Gasteiger partial charge in [-0.05, 0) is 31.2 Å². The summed E-state index contributed by atoms with van der Waals surface area (Å²) in [6, 6.07) is 13.9. The second-order valence-electron chi connectivity index (χ2n) is 6.79. The minimum Gasteiger partial charge on any atom is -0.482 e. The maximum atomic E-state index is 12.5. The van der Waals surface area contributed by atoms with Gasteiger partial charge in [-0.1, -0.05) is 29.8 Å². The lowest BCUT2D eigenvalue weighted by Gasteiger charge is -2.08. The van der Waals surface area contributed by atoms with Gasteiger partial charge in [0.25, 0.3) is 5.56 Å². The average molecular weight is 418 g/mol. The van der Waals surface area contributed by atoms with E-state index in [0.717, 1.165) is 5.56 Å². The van der Waals surface area contributed by atoms with Gasteiger partial charge in [-0.15, -0.1) is 5.10 Å². The van der Waals surface area contributed by atoms with E-state index in [1.54, 1.807) is 36.4 Å². The molecule has 9 nitrogen and oxygen atoms in total. The first-order valence-electron chi connectivity index (χ1n) is 9.40. The van der Waals surface area contributed by atoms with Crippen molar-refractivity contribution >= 4 is 22.8 Å². The molecule has 9 heteroatoms. The largest absolute Gasteiger partial charge is 0.482 e. The zero-order valence-electron chi connectivity index (χ0n) is 16.6. The number of nitrogens with one attached hydrogen (secondary N) is 1. The maximum Gasteiger partial charge on any atom is 0.345 e. The SMILES string of the molecule is Cc1ccc(C(=O)c2ccc(OCC(=O)OCn3cc4c(=O)[nH]cnc4n3)cc2)cc1. The minimum absolute atomic E-state index is 0.0918. The molecule has 0 amide bonds. The summed E-state index contributed by atoms with van der Waals surface area (Å²) < 4.78 is 11.8. The van der Waals surface area contributed by atoms with Gasteiger partial charge in [0.15, 0.2) is 24.8 Å². The Labute approximate surface area is 176 Å². The van der Waals surface area contributed by atoms with Crippen molar-refractivity contribution in [2.75, 3.05) is 6.61 Å². The summed E-state index contributed by atoms with van der Waals surface area (Å²) in [6.45, 7) is 1.47. The van der Waals surface area contributed by atoms with Gasteiger partial charge in [0.2, 0.25) is 0 Å². The van der Waals surface area contributed by atoms with Gasteiger partial charge in [0.05, 0.1) is 6.33 Å². The smallest absolute Gasteiger partial charge is 0.345 e. The fourth-order valence-electron chi connectivity index (χ4n) is 2.86. The Morgan fingerprint density at radius 3 is 2.39 bits per heavy atom. The number of benzene rings is 2. The summed E-state index contributed by atoms with van der Waals surface area (Å²) in [5.74, 6) is -0.273. The van der Waals surface area contributed by atoms with Gasteiger partial charge in [0.1, 0.15) is 11.1 Å². The lowest BCUT2D eigenvalue weighted by Crippen LogP contribution is -2.17. The van der Waals surface area contributed by atoms with Crippen LogP contribution in [0.1, 0.15) is 21.5 Å². The third-order valence-corrected chi connectivity index (χ3v) is 4.51. The third-order valence-electron chi connectivity index (χ3n) is 4.51. The number of fused-ring (bicyclic) bond motifs is 1. The molecule has 0 radical (unpaired) electrons. The van der Waals surface area contributed by atoms with Crippen LogP contribution in [0, 0.1) is 6.92 Å². The number of hydrogen-bond donors (Lipinski definition) is 1. The highest BCUT2D eigenvalue weighted by Gasteiger charge is 2.11. The van der Waals surface area contributed by atoms with Gasteiger partial charge in [-0.2, -0.15) is 0 Å². The average Bonchev–Trinajstić information content (AvgIpc) is 3.21. The monoisotopic (exact) mass is 418 g/mol. The number of carbonyl (C=O) groups excluding carboxylic acids is 2. The number of nitrogens with zero attached hydrogens (tertiary/aromatic N) is 3. The molecular formula is C22H18N4O5. The quantitative estimate of drug-likeness (QED) is 0.361. The summed E-state index contributed by atoms with van der Waals surface area (Å²) in [5, 5.41) is 4.36. The van der Waals surface area contributed by atoms with Crippen LogP contribution in [0.5, 0.6) is 5.75 Å². The number of ketones is 1. The first-order valence-corrected chi connectivity index (χ1v) is 9.40. The molecule has 4 aromatic rings. The second kappa shape index (κ2) is 8.62. The molecule has 0 aliphatic carbocycles. The summed E-state index contributed by atoms with van der Waals surface area (Å²) in [4.78, 5) is 42.5. The van der Waals surface area contributed by atoms with Crippen LogP contribution in [-0.2, 0) is 16.3 Å². The van der Waals surface area contributed by atoms with Crippen molar-refractivity contribution in [3.05, 3.63) is 88.1 Å². The van der Waals surface area contributed by atoms with Crippen molar-refractivity contribution in [3.8, 4) is 5.75 Å². The van der Waals surface area contributed by atoms with Crippen LogP contribution in [0.2, 0.25) is 0 Å². The molecule has 2 aromatic heterocycles. The molecule has 2 aromatic carbocycles. The third kappa shape index (κ3) is 4.67. The number of carbonyl (C=O) groups is 2. The van der Waals surface area contributed by atoms with E-state index in [0.29, 0.717) is 22.3 Å². The molecule has 31 heavy (non-hydrogen) atoms. The van der Waals surface area contributed by atoms with Gasteiger partial charge in [0, 0.05) is 17.3 Å². The first kappa shape index (κ1) is 20.0. The van der Waals surface area contributed by atoms with Gasteiger partial charge in [-0.25, -0.2) is 14.5 Å². The molecule has 0 spiro atoms. The Morgan fingerprint density at radius 1 is 1.03 bits per heavy atom. The summed E-state index contributed by atoms with van der Waals surface area (Å²) in [5.41, 5.74) is 2.14. The molecule has 2 heterocycles. The molecule has 0 atom stereocenters. The molecule has 1 N–H and O–H groups in total. The molecule has 4 rings (SSSR count). The maximum absolute atomic E-state index is 12.5. The van der Waals surface area contributed by atoms with E-state index in [-0.39, 0.29) is 30.3 Å². The first-order chi connectivity index (χ1) is 15.0. The minimum atomic E-state index is -0.610. The number of aromatic amines is 1. The molecule has 156 valence electrons. The van der Waals surface area contributed by atoms with Crippen LogP contribution >= 0.6 is 0 Å². The van der Waals surface area contributed by atoms with Gasteiger partial charge < -0.3 is 14.5 Å². The van der Waals surface area contributed by atoms with E-state index in [2.05, 4.69) is 15.1 Å². The molecule has 0 bridgehead atoms. The van der Waals surface area contributed by atoms with Crippen LogP contribution < -0.4 is 10.3 Å². The Hall–Kier alpha value is -4.27. The number of aryl methyl sites for hydroxylation is 1. The Bertz CT molecular complexity index is 1290. The zero-order chi connectivity index (χ0) is 21.8. The molecule has 0 aliphatic rings. The van der Waals surface area contributed by atoms with Crippen LogP contribution in [0.3, 0.4) is 0 Å². The Morgan fingerprint density at radius 2 is 1.71 bits per heavy atom. The fraction of sp³-hybridized carbons (Fsp3) is 0.136. The highest BCUT2D eigenvalue weighted by molar-refractivity contribution is 6.09. The van der Waals surface area contributed by atoms with Gasteiger partial charge in [-0.3, -0.25) is 9.59 Å². The molecule has 0 unspecified atom stereocenters. The highest BCUT2D eigenvalue weighted by Crippen LogP contribution is 2.16. The van der Waals surface area contributed by atoms with Crippen LogP contribution in [0.25, 0.3) is 11.0 Å². The predicted octanol–water partition coefficient (Wildman–Crippen LogP) is 2.24. The topological polar surface area (TPSA) is 116 Å². The highest BCUT2D eigenvalue weighted by atomic mass is 16.6. The summed E-state index contributed by atoms with van der Waals surface area (Å²) in [7, 11) is 0. The fourth-order valence-corrected chi connectivity index (χ4v) is 2.86. The van der Waals surface area contributed by atoms with E-state index in [4.69, 9.17) is 9.47 Å². The van der Waals surface area contributed by atoms with Crippen molar-refractivity contribution in [1.82, 2.24) is 19.7 Å². The standard InChI is InChI=1S/C22H18N4O5/c1-14-2-4-15(5-3-14)20(28)16-6-8-17(9-7-16)30-11-19(27)31-13-26-10-18-21(25-26)23-12-24-22(18)29/h2-10,12H,11,13H2,1H3,(H,23,24,25,29). The number of ether oxygens (including phenoxy) is 2. The van der Waals surface area contributed by atoms with Crippen molar-refractivity contribution in [2.45, 2.75) is 13.7 Å². The second-order valence-corrected chi connectivity index (χ2v) is 6.79. The number of H-pyrrole nitrogens is 1. The van der Waals surface area contributed by atoms with Crippen LogP contribution in [0.4, 0.5) is 0 Å². The van der Waals surface area contributed by atoms with Gasteiger partial charge >= 0.3 is 5.97 Å². The normalized spacial score (nSPS) is 10.7. The Balaban J connectivity index is 1.29. The summed E-state index contributed by atoms with van der Waals surface area (Å²) >= 11 is 0. The molecule has 0 fully saturated rings. The van der Waals surface area contributed by atoms with E-state index >= 15 is 0 Å². The molecular weight excluding hydrogens is 400 g/mol. The van der Waals surface area contributed by atoms with Crippen LogP contribution in [0.15, 0.2) is 65.8 Å². The molecule has 0 saturated heterocycles. The van der Waals surface area contributed by atoms with Crippen molar-refractivity contribution in [3.63, 3.8) is 0 Å². The Kier molecular flexibility index (Phi) is 5.57. The van der Waals surface area contributed by atoms with E-state index in [1.165, 1.54) is 17.2 Å². The van der Waals surface area contributed by atoms with Crippen molar-refractivity contribution < 1.29 is 19.1 Å². The summed E-state index contributed by atoms with van der Waals surface area (Å²) in [6.07, 6.45) is 2.70. The number of aromatic nitrogens is 4. The number of rotatable bonds is 7.